The molecule has 0 radical (unpaired) electrons. The number of nitrogens with zero attached hydrogens (tertiary/aromatic N) is 1. The van der Waals surface area contributed by atoms with E-state index in [1.54, 1.807) is 0 Å². The lowest BCUT2D eigenvalue weighted by atomic mass is 9.83. The maximum Gasteiger partial charge on any atom is 0.304 e. The predicted octanol–water partition coefficient (Wildman–Crippen LogP) is 1.53. The lowest BCUT2D eigenvalue weighted by Gasteiger charge is -2.43. The molecule has 0 amide bonds. The summed E-state index contributed by atoms with van der Waals surface area (Å²) in [6.45, 7) is 2.63. The van der Waals surface area contributed by atoms with Crippen molar-refractivity contribution in [2.24, 2.45) is 5.92 Å². The van der Waals surface area contributed by atoms with E-state index in [4.69, 9.17) is 5.11 Å². The SMILES string of the molecule is CC(C1CCCCC1)N1CCS(=O)(=O)CC1CC(=O)O. The average Bonchev–Trinajstić information content (AvgIpc) is 2.37. The highest BCUT2D eigenvalue weighted by Gasteiger charge is 2.37. The quantitative estimate of drug-likeness (QED) is 0.852. The van der Waals surface area contributed by atoms with Crippen LogP contribution in [0.2, 0.25) is 0 Å². The van der Waals surface area contributed by atoms with E-state index in [2.05, 4.69) is 11.8 Å². The Hall–Kier alpha value is -0.620. The fourth-order valence-corrected chi connectivity index (χ4v) is 5.25. The fraction of sp³-hybridized carbons (Fsp3) is 0.929. The summed E-state index contributed by atoms with van der Waals surface area (Å²) in [6, 6.07) is -0.0710. The van der Waals surface area contributed by atoms with Crippen LogP contribution in [0.15, 0.2) is 0 Å². The Balaban J connectivity index is 2.08. The first-order chi connectivity index (χ1) is 9.39. The summed E-state index contributed by atoms with van der Waals surface area (Å²) in [5.74, 6) is -0.162. The first kappa shape index (κ1) is 15.8. The van der Waals surface area contributed by atoms with Gasteiger partial charge in [0, 0.05) is 18.6 Å². The average molecular weight is 303 g/mol. The van der Waals surface area contributed by atoms with Crippen LogP contribution in [-0.2, 0) is 14.6 Å². The Morgan fingerprint density at radius 1 is 1.30 bits per heavy atom. The van der Waals surface area contributed by atoms with E-state index in [-0.39, 0.29) is 30.0 Å². The summed E-state index contributed by atoms with van der Waals surface area (Å²) < 4.78 is 23.5. The lowest BCUT2D eigenvalue weighted by Crippen LogP contribution is -2.54. The summed E-state index contributed by atoms with van der Waals surface area (Å²) in [6.07, 6.45) is 6.07. The molecule has 2 aliphatic rings. The standard InChI is InChI=1S/C14H25NO4S/c1-11(12-5-3-2-4-6-12)15-7-8-20(18,19)10-13(15)9-14(16)17/h11-13H,2-10H2,1H3,(H,16,17). The number of rotatable bonds is 4. The largest absolute Gasteiger partial charge is 0.481 e. The highest BCUT2D eigenvalue weighted by atomic mass is 32.2. The molecule has 5 nitrogen and oxygen atoms in total. The Morgan fingerprint density at radius 3 is 2.55 bits per heavy atom. The van der Waals surface area contributed by atoms with Crippen molar-refractivity contribution in [3.8, 4) is 0 Å². The maximum atomic E-state index is 11.8. The summed E-state index contributed by atoms with van der Waals surface area (Å²) in [5.41, 5.74) is 0. The van der Waals surface area contributed by atoms with E-state index in [0.717, 1.165) is 0 Å². The van der Waals surface area contributed by atoms with Crippen LogP contribution in [0.4, 0.5) is 0 Å². The van der Waals surface area contributed by atoms with E-state index in [1.807, 2.05) is 0 Å². The molecule has 0 bridgehead atoms. The molecule has 1 aliphatic carbocycles. The Kier molecular flexibility index (Phi) is 5.07. The third-order valence-electron chi connectivity index (χ3n) is 4.84. The first-order valence-corrected chi connectivity index (χ1v) is 9.39. The van der Waals surface area contributed by atoms with E-state index in [0.29, 0.717) is 12.5 Å². The van der Waals surface area contributed by atoms with Crippen LogP contribution in [0.25, 0.3) is 0 Å². The Labute approximate surface area is 121 Å². The summed E-state index contributed by atoms with van der Waals surface area (Å²) in [4.78, 5) is 13.1. The second-order valence-electron chi connectivity index (χ2n) is 6.24. The van der Waals surface area contributed by atoms with Crippen molar-refractivity contribution in [2.75, 3.05) is 18.1 Å². The molecular formula is C14H25NO4S. The van der Waals surface area contributed by atoms with E-state index >= 15 is 0 Å². The molecule has 1 heterocycles. The minimum atomic E-state index is -3.08. The molecule has 2 unspecified atom stereocenters. The van der Waals surface area contributed by atoms with Gasteiger partial charge in [0.25, 0.3) is 0 Å². The van der Waals surface area contributed by atoms with E-state index in [1.165, 1.54) is 32.1 Å². The minimum absolute atomic E-state index is 0.00361. The molecule has 0 aromatic rings. The molecular weight excluding hydrogens is 278 g/mol. The van der Waals surface area contributed by atoms with Crippen molar-refractivity contribution in [1.82, 2.24) is 4.90 Å². The van der Waals surface area contributed by atoms with Gasteiger partial charge in [-0.25, -0.2) is 8.42 Å². The highest BCUT2D eigenvalue weighted by molar-refractivity contribution is 7.91. The van der Waals surface area contributed by atoms with Gasteiger partial charge in [-0.2, -0.15) is 0 Å². The lowest BCUT2D eigenvalue weighted by molar-refractivity contribution is -0.138. The monoisotopic (exact) mass is 303 g/mol. The molecule has 0 aromatic heterocycles. The summed E-state index contributed by atoms with van der Waals surface area (Å²) in [5, 5.41) is 9.02. The summed E-state index contributed by atoms with van der Waals surface area (Å²) >= 11 is 0. The number of hydrogen-bond donors (Lipinski definition) is 1. The zero-order chi connectivity index (χ0) is 14.8. The number of sulfone groups is 1. The molecule has 2 fully saturated rings. The molecule has 1 saturated heterocycles. The smallest absolute Gasteiger partial charge is 0.304 e. The molecule has 0 spiro atoms. The van der Waals surface area contributed by atoms with Gasteiger partial charge in [-0.05, 0) is 25.7 Å². The Bertz CT molecular complexity index is 442. The van der Waals surface area contributed by atoms with Crippen LogP contribution < -0.4 is 0 Å². The number of hydrogen-bond acceptors (Lipinski definition) is 4. The molecule has 1 aliphatic heterocycles. The van der Waals surface area contributed by atoms with Crippen LogP contribution in [-0.4, -0.2) is 54.5 Å². The van der Waals surface area contributed by atoms with Crippen molar-refractivity contribution in [2.45, 2.75) is 57.5 Å². The van der Waals surface area contributed by atoms with Gasteiger partial charge < -0.3 is 5.11 Å². The van der Waals surface area contributed by atoms with Crippen LogP contribution in [0.3, 0.4) is 0 Å². The molecule has 2 rings (SSSR count). The second-order valence-corrected chi connectivity index (χ2v) is 8.47. The third-order valence-corrected chi connectivity index (χ3v) is 6.54. The highest BCUT2D eigenvalue weighted by Crippen LogP contribution is 2.31. The zero-order valence-corrected chi connectivity index (χ0v) is 12.9. The first-order valence-electron chi connectivity index (χ1n) is 7.57. The van der Waals surface area contributed by atoms with Gasteiger partial charge in [0.2, 0.25) is 0 Å². The van der Waals surface area contributed by atoms with Crippen LogP contribution in [0.5, 0.6) is 0 Å². The van der Waals surface area contributed by atoms with Crippen molar-refractivity contribution < 1.29 is 18.3 Å². The number of carboxylic acid groups (broad SMARTS) is 1. The van der Waals surface area contributed by atoms with Gasteiger partial charge in [0.05, 0.1) is 17.9 Å². The zero-order valence-electron chi connectivity index (χ0n) is 12.1. The predicted molar refractivity (Wildman–Crippen MR) is 77.4 cm³/mol. The Morgan fingerprint density at radius 2 is 1.95 bits per heavy atom. The van der Waals surface area contributed by atoms with Gasteiger partial charge in [-0.3, -0.25) is 9.69 Å². The van der Waals surface area contributed by atoms with Crippen LogP contribution in [0, 0.1) is 5.92 Å². The third kappa shape index (κ3) is 3.95. The number of carbonyl (C=O) groups is 1. The fourth-order valence-electron chi connectivity index (χ4n) is 3.70. The molecule has 20 heavy (non-hydrogen) atoms. The molecule has 1 N–H and O–H groups in total. The van der Waals surface area contributed by atoms with Crippen LogP contribution in [0.1, 0.15) is 45.4 Å². The van der Waals surface area contributed by atoms with Crippen LogP contribution >= 0.6 is 0 Å². The van der Waals surface area contributed by atoms with Gasteiger partial charge in [0.1, 0.15) is 0 Å². The number of aliphatic carboxylic acids is 1. The normalized spacial score (nSPS) is 29.9. The van der Waals surface area contributed by atoms with E-state index in [9.17, 15) is 13.2 Å². The minimum Gasteiger partial charge on any atom is -0.481 e. The molecule has 1 saturated carbocycles. The van der Waals surface area contributed by atoms with Crippen molar-refractivity contribution in [1.29, 1.82) is 0 Å². The van der Waals surface area contributed by atoms with E-state index < -0.39 is 15.8 Å². The second kappa shape index (κ2) is 6.43. The topological polar surface area (TPSA) is 74.7 Å². The molecule has 2 atom stereocenters. The van der Waals surface area contributed by atoms with Crippen molar-refractivity contribution in [3.63, 3.8) is 0 Å². The molecule has 0 aromatic carbocycles. The summed E-state index contributed by atoms with van der Waals surface area (Å²) in [7, 11) is -3.08. The van der Waals surface area contributed by atoms with Gasteiger partial charge in [-0.1, -0.05) is 19.3 Å². The van der Waals surface area contributed by atoms with Crippen molar-refractivity contribution in [3.05, 3.63) is 0 Å². The molecule has 116 valence electrons. The van der Waals surface area contributed by atoms with Gasteiger partial charge in [0.15, 0.2) is 9.84 Å². The molecule has 6 heteroatoms. The number of carboxylic acids is 1. The van der Waals surface area contributed by atoms with Gasteiger partial charge >= 0.3 is 5.97 Å². The maximum absolute atomic E-state index is 11.8. The van der Waals surface area contributed by atoms with Gasteiger partial charge in [-0.15, -0.1) is 0 Å². The van der Waals surface area contributed by atoms with Crippen molar-refractivity contribution >= 4 is 15.8 Å².